The van der Waals surface area contributed by atoms with E-state index in [0.717, 1.165) is 22.0 Å². The zero-order chi connectivity index (χ0) is 20.3. The number of benzene rings is 1. The summed E-state index contributed by atoms with van der Waals surface area (Å²) in [5, 5.41) is 0. The molecule has 1 aromatic carbocycles. The van der Waals surface area contributed by atoms with Gasteiger partial charge >= 0.3 is 0 Å². The molecular weight excluding hydrogens is 378 g/mol. The van der Waals surface area contributed by atoms with Crippen LogP contribution in [0.25, 0.3) is 0 Å². The van der Waals surface area contributed by atoms with Crippen molar-refractivity contribution in [2.75, 3.05) is 39.8 Å². The minimum Gasteiger partial charge on any atom is -0.460 e. The smallest absolute Gasteiger partial charge is 0.277 e. The molecular formula is C20H28N3O4S+. The molecule has 0 saturated carbocycles. The van der Waals surface area contributed by atoms with Crippen molar-refractivity contribution < 1.29 is 22.5 Å². The second kappa shape index (κ2) is 8.46. The molecule has 2 heterocycles. The van der Waals surface area contributed by atoms with Gasteiger partial charge in [0.25, 0.3) is 5.91 Å². The Labute approximate surface area is 166 Å². The number of quaternary nitrogens is 1. The fourth-order valence-electron chi connectivity index (χ4n) is 3.35. The third kappa shape index (κ3) is 4.81. The Hall–Kier alpha value is -2.16. The molecule has 1 N–H and O–H groups in total. The van der Waals surface area contributed by atoms with Crippen molar-refractivity contribution in [1.29, 1.82) is 0 Å². The van der Waals surface area contributed by atoms with Crippen LogP contribution < -0.4 is 4.90 Å². The van der Waals surface area contributed by atoms with Gasteiger partial charge < -0.3 is 14.2 Å². The summed E-state index contributed by atoms with van der Waals surface area (Å²) in [5.74, 6) is 1.75. The van der Waals surface area contributed by atoms with Gasteiger partial charge in [0.15, 0.2) is 12.3 Å². The maximum atomic E-state index is 12.8. The summed E-state index contributed by atoms with van der Waals surface area (Å²) >= 11 is 0. The molecule has 152 valence electrons. The van der Waals surface area contributed by atoms with Crippen LogP contribution in [0.3, 0.4) is 0 Å². The van der Waals surface area contributed by atoms with E-state index in [4.69, 9.17) is 4.42 Å². The van der Waals surface area contributed by atoms with Gasteiger partial charge in [-0.3, -0.25) is 4.79 Å². The van der Waals surface area contributed by atoms with Crippen LogP contribution >= 0.6 is 0 Å². The van der Waals surface area contributed by atoms with E-state index < -0.39 is 10.0 Å². The maximum absolute atomic E-state index is 12.8. The molecule has 1 saturated heterocycles. The fraction of sp³-hybridized carbons (Fsp3) is 0.450. The lowest BCUT2D eigenvalue weighted by Crippen LogP contribution is -3.08. The van der Waals surface area contributed by atoms with Gasteiger partial charge in [-0.2, -0.15) is 4.31 Å². The number of likely N-dealkylation sites (N-methyl/N-ethyl adjacent to an activating group) is 1. The Bertz CT molecular complexity index is 913. The molecule has 7 nitrogen and oxygen atoms in total. The third-order valence-electron chi connectivity index (χ3n) is 4.98. The predicted molar refractivity (Wildman–Crippen MR) is 105 cm³/mol. The Balaban J connectivity index is 1.52. The number of amides is 1. The molecule has 1 aliphatic rings. The molecule has 0 radical (unpaired) electrons. The van der Waals surface area contributed by atoms with Crippen LogP contribution in [0.15, 0.2) is 45.7 Å². The lowest BCUT2D eigenvalue weighted by molar-refractivity contribution is -0.886. The largest absolute Gasteiger partial charge is 0.460 e. The lowest BCUT2D eigenvalue weighted by Gasteiger charge is -2.34. The Morgan fingerprint density at radius 2 is 1.68 bits per heavy atom. The van der Waals surface area contributed by atoms with Gasteiger partial charge in [-0.15, -0.1) is 0 Å². The van der Waals surface area contributed by atoms with Crippen LogP contribution in [0.2, 0.25) is 0 Å². The second-order valence-electron chi connectivity index (χ2n) is 7.42. The van der Waals surface area contributed by atoms with Crippen molar-refractivity contribution >= 4 is 15.9 Å². The molecule has 0 spiro atoms. The van der Waals surface area contributed by atoms with Crippen LogP contribution in [0, 0.1) is 13.8 Å². The first-order chi connectivity index (χ1) is 13.3. The Morgan fingerprint density at radius 1 is 1.04 bits per heavy atom. The highest BCUT2D eigenvalue weighted by atomic mass is 32.2. The van der Waals surface area contributed by atoms with E-state index in [1.54, 1.807) is 29.2 Å². The summed E-state index contributed by atoms with van der Waals surface area (Å²) in [6.45, 7) is 6.28. The minimum absolute atomic E-state index is 0.0353. The number of nitrogens with zero attached hydrogens (tertiary/aromatic N) is 2. The number of carbonyl (C=O) groups is 1. The van der Waals surface area contributed by atoms with Crippen molar-refractivity contribution in [1.82, 2.24) is 9.21 Å². The van der Waals surface area contributed by atoms with Crippen LogP contribution in [0.5, 0.6) is 0 Å². The van der Waals surface area contributed by atoms with Crippen molar-refractivity contribution in [2.24, 2.45) is 0 Å². The van der Waals surface area contributed by atoms with Gasteiger partial charge in [-0.1, -0.05) is 17.7 Å². The van der Waals surface area contributed by atoms with Crippen LogP contribution in [0.1, 0.15) is 17.1 Å². The molecule has 3 rings (SSSR count). The normalized spacial score (nSPS) is 16.9. The molecule has 1 aliphatic heterocycles. The van der Waals surface area contributed by atoms with Crippen molar-refractivity contribution in [2.45, 2.75) is 25.3 Å². The SMILES string of the molecule is Cc1ccc(S(=O)(=O)N2CCN(C(=O)C[NH+](C)Cc3ccc(C)o3)CC2)cc1. The summed E-state index contributed by atoms with van der Waals surface area (Å²) < 4.78 is 32.6. The average Bonchev–Trinajstić information content (AvgIpc) is 3.06. The number of hydrogen-bond acceptors (Lipinski definition) is 4. The highest BCUT2D eigenvalue weighted by molar-refractivity contribution is 7.89. The third-order valence-corrected chi connectivity index (χ3v) is 6.89. The van der Waals surface area contributed by atoms with Gasteiger partial charge in [0, 0.05) is 26.2 Å². The first kappa shape index (κ1) is 20.6. The zero-order valence-corrected chi connectivity index (χ0v) is 17.5. The highest BCUT2D eigenvalue weighted by Gasteiger charge is 2.30. The second-order valence-corrected chi connectivity index (χ2v) is 9.36. The number of nitrogens with one attached hydrogen (secondary N) is 1. The van der Waals surface area contributed by atoms with E-state index in [2.05, 4.69) is 0 Å². The average molecular weight is 407 g/mol. The summed E-state index contributed by atoms with van der Waals surface area (Å²) in [6.07, 6.45) is 0. The van der Waals surface area contributed by atoms with E-state index in [1.165, 1.54) is 4.31 Å². The van der Waals surface area contributed by atoms with E-state index in [9.17, 15) is 13.2 Å². The van der Waals surface area contributed by atoms with Gasteiger partial charge in [-0.25, -0.2) is 8.42 Å². The van der Waals surface area contributed by atoms with Gasteiger partial charge in [-0.05, 0) is 38.1 Å². The summed E-state index contributed by atoms with van der Waals surface area (Å²) in [5.41, 5.74) is 1.02. The maximum Gasteiger partial charge on any atom is 0.277 e. The van der Waals surface area contributed by atoms with Crippen LogP contribution in [0.4, 0.5) is 0 Å². The van der Waals surface area contributed by atoms with Gasteiger partial charge in [0.1, 0.15) is 12.3 Å². The number of furan rings is 1. The van der Waals surface area contributed by atoms with E-state index >= 15 is 0 Å². The van der Waals surface area contributed by atoms with Crippen molar-refractivity contribution in [3.8, 4) is 0 Å². The van der Waals surface area contributed by atoms with Crippen LogP contribution in [-0.2, 0) is 21.4 Å². The highest BCUT2D eigenvalue weighted by Crippen LogP contribution is 2.18. The predicted octanol–water partition coefficient (Wildman–Crippen LogP) is 0.444. The Kier molecular flexibility index (Phi) is 6.22. The number of rotatable bonds is 6. The number of piperazine rings is 1. The molecule has 28 heavy (non-hydrogen) atoms. The zero-order valence-electron chi connectivity index (χ0n) is 16.6. The molecule has 0 aliphatic carbocycles. The first-order valence-electron chi connectivity index (χ1n) is 9.47. The number of aryl methyl sites for hydroxylation is 2. The molecule has 1 fully saturated rings. The first-order valence-corrected chi connectivity index (χ1v) is 10.9. The van der Waals surface area contributed by atoms with Crippen molar-refractivity contribution in [3.63, 3.8) is 0 Å². The minimum atomic E-state index is -3.51. The molecule has 1 unspecified atom stereocenters. The standard InChI is InChI=1S/C20H27N3O4S/c1-16-4-8-19(9-5-16)28(25,26)23-12-10-22(11-13-23)20(24)15-21(3)14-18-7-6-17(2)27-18/h4-9H,10-15H2,1-3H3/p+1. The van der Waals surface area contributed by atoms with Gasteiger partial charge in [0.05, 0.1) is 11.9 Å². The van der Waals surface area contributed by atoms with Crippen LogP contribution in [-0.4, -0.2) is 63.3 Å². The summed E-state index contributed by atoms with van der Waals surface area (Å²) in [4.78, 5) is 15.7. The van der Waals surface area contributed by atoms with E-state index in [1.807, 2.05) is 33.0 Å². The molecule has 0 bridgehead atoms. The summed E-state index contributed by atoms with van der Waals surface area (Å²) in [7, 11) is -1.56. The molecule has 8 heteroatoms. The number of sulfonamides is 1. The quantitative estimate of drug-likeness (QED) is 0.756. The van der Waals surface area contributed by atoms with Gasteiger partial charge in [0.2, 0.25) is 10.0 Å². The fourth-order valence-corrected chi connectivity index (χ4v) is 4.77. The lowest BCUT2D eigenvalue weighted by atomic mass is 10.2. The molecule has 1 aromatic heterocycles. The number of carbonyl (C=O) groups excluding carboxylic acids is 1. The monoisotopic (exact) mass is 406 g/mol. The molecule has 1 amide bonds. The number of hydrogen-bond donors (Lipinski definition) is 1. The summed E-state index contributed by atoms with van der Waals surface area (Å²) in [6, 6.07) is 10.7. The van der Waals surface area contributed by atoms with E-state index in [-0.39, 0.29) is 5.91 Å². The van der Waals surface area contributed by atoms with Crippen molar-refractivity contribution in [3.05, 3.63) is 53.5 Å². The topological polar surface area (TPSA) is 75.3 Å². The molecule has 2 aromatic rings. The molecule has 1 atom stereocenters. The Morgan fingerprint density at radius 3 is 2.25 bits per heavy atom. The van der Waals surface area contributed by atoms with E-state index in [0.29, 0.717) is 44.2 Å².